The number of benzene rings is 2. The lowest BCUT2D eigenvalue weighted by Gasteiger charge is -2.29. The summed E-state index contributed by atoms with van der Waals surface area (Å²) in [5.74, 6) is 0.746. The summed E-state index contributed by atoms with van der Waals surface area (Å²) < 4.78 is 29.0. The SMILES string of the molecule is CC(=O)N1CCSc2ccc(S(=O)(=O)NC3CCCc4ccccc43)cc21. The Labute approximate surface area is 164 Å². The number of sulfonamides is 1. The van der Waals surface area contributed by atoms with Crippen LogP contribution in [0.15, 0.2) is 52.3 Å². The van der Waals surface area contributed by atoms with E-state index in [9.17, 15) is 13.2 Å². The zero-order valence-corrected chi connectivity index (χ0v) is 16.8. The number of aryl methyl sites for hydroxylation is 1. The van der Waals surface area contributed by atoms with Gasteiger partial charge in [0.25, 0.3) is 0 Å². The third kappa shape index (κ3) is 3.63. The average Bonchev–Trinajstić information content (AvgIpc) is 2.67. The molecular formula is C20H22N2O3S2. The summed E-state index contributed by atoms with van der Waals surface area (Å²) in [5, 5.41) is 0. The molecule has 0 saturated carbocycles. The number of carbonyl (C=O) groups excluding carboxylic acids is 1. The van der Waals surface area contributed by atoms with Gasteiger partial charge in [0.1, 0.15) is 0 Å². The number of nitrogens with zero attached hydrogens (tertiary/aromatic N) is 1. The van der Waals surface area contributed by atoms with Crippen LogP contribution in [0.2, 0.25) is 0 Å². The second-order valence-corrected chi connectivity index (χ2v) is 9.76. The quantitative estimate of drug-likeness (QED) is 0.853. The number of rotatable bonds is 3. The highest BCUT2D eigenvalue weighted by atomic mass is 32.2. The van der Waals surface area contributed by atoms with Crippen LogP contribution in [0.4, 0.5) is 5.69 Å². The highest BCUT2D eigenvalue weighted by Crippen LogP contribution is 2.37. The molecular weight excluding hydrogens is 380 g/mol. The Bertz CT molecular complexity index is 988. The molecule has 142 valence electrons. The molecule has 5 nitrogen and oxygen atoms in total. The Morgan fingerprint density at radius 2 is 2.04 bits per heavy atom. The van der Waals surface area contributed by atoms with E-state index >= 15 is 0 Å². The van der Waals surface area contributed by atoms with E-state index in [4.69, 9.17) is 0 Å². The fourth-order valence-electron chi connectivity index (χ4n) is 3.82. The fraction of sp³-hybridized carbons (Fsp3) is 0.350. The van der Waals surface area contributed by atoms with Gasteiger partial charge in [0.05, 0.1) is 10.6 Å². The van der Waals surface area contributed by atoms with Gasteiger partial charge in [-0.15, -0.1) is 11.8 Å². The first-order chi connectivity index (χ1) is 13.0. The number of fused-ring (bicyclic) bond motifs is 2. The number of nitrogens with one attached hydrogen (secondary N) is 1. The first-order valence-corrected chi connectivity index (χ1v) is 11.6. The molecule has 0 fully saturated rings. The predicted molar refractivity (Wildman–Crippen MR) is 108 cm³/mol. The van der Waals surface area contributed by atoms with Crippen molar-refractivity contribution in [3.05, 3.63) is 53.6 Å². The topological polar surface area (TPSA) is 66.5 Å². The zero-order valence-electron chi connectivity index (χ0n) is 15.1. The molecule has 1 unspecified atom stereocenters. The van der Waals surface area contributed by atoms with E-state index in [2.05, 4.69) is 10.8 Å². The molecule has 0 radical (unpaired) electrons. The van der Waals surface area contributed by atoms with E-state index in [1.165, 1.54) is 12.5 Å². The van der Waals surface area contributed by atoms with Crippen molar-refractivity contribution in [3.63, 3.8) is 0 Å². The number of hydrogen-bond donors (Lipinski definition) is 1. The molecule has 1 amide bonds. The van der Waals surface area contributed by atoms with Crippen LogP contribution >= 0.6 is 11.8 Å². The highest BCUT2D eigenvalue weighted by molar-refractivity contribution is 7.99. The van der Waals surface area contributed by atoms with Gasteiger partial charge in [0, 0.05) is 30.2 Å². The minimum absolute atomic E-state index is 0.0692. The van der Waals surface area contributed by atoms with E-state index in [-0.39, 0.29) is 16.8 Å². The zero-order chi connectivity index (χ0) is 19.0. The van der Waals surface area contributed by atoms with Crippen LogP contribution in [-0.2, 0) is 21.2 Å². The predicted octanol–water partition coefficient (Wildman–Crippen LogP) is 3.50. The minimum Gasteiger partial charge on any atom is -0.311 e. The largest absolute Gasteiger partial charge is 0.311 e. The molecule has 2 aliphatic rings. The molecule has 1 atom stereocenters. The molecule has 1 aliphatic heterocycles. The van der Waals surface area contributed by atoms with Gasteiger partial charge in [0.2, 0.25) is 15.9 Å². The van der Waals surface area contributed by atoms with E-state index in [1.807, 2.05) is 18.2 Å². The lowest BCUT2D eigenvalue weighted by molar-refractivity contribution is -0.116. The molecule has 1 N–H and O–H groups in total. The molecule has 2 aromatic rings. The van der Waals surface area contributed by atoms with E-state index in [0.29, 0.717) is 12.2 Å². The first-order valence-electron chi connectivity index (χ1n) is 9.11. The maximum atomic E-state index is 13.1. The summed E-state index contributed by atoms with van der Waals surface area (Å²) >= 11 is 1.65. The van der Waals surface area contributed by atoms with Gasteiger partial charge < -0.3 is 4.90 Å². The summed E-state index contributed by atoms with van der Waals surface area (Å²) in [6.45, 7) is 2.11. The van der Waals surface area contributed by atoms with Gasteiger partial charge in [-0.25, -0.2) is 13.1 Å². The molecule has 1 heterocycles. The van der Waals surface area contributed by atoms with Gasteiger partial charge in [-0.1, -0.05) is 24.3 Å². The minimum atomic E-state index is -3.68. The van der Waals surface area contributed by atoms with Crippen molar-refractivity contribution in [2.45, 2.75) is 42.0 Å². The normalized spacial score (nSPS) is 19.3. The number of carbonyl (C=O) groups is 1. The molecule has 7 heteroatoms. The Kier molecular flexibility index (Phi) is 5.01. The Morgan fingerprint density at radius 1 is 1.22 bits per heavy atom. The number of anilines is 1. The molecule has 0 saturated heterocycles. The Morgan fingerprint density at radius 3 is 2.85 bits per heavy atom. The van der Waals surface area contributed by atoms with Crippen molar-refractivity contribution >= 4 is 33.4 Å². The lowest BCUT2D eigenvalue weighted by Crippen LogP contribution is -2.34. The van der Waals surface area contributed by atoms with Crippen LogP contribution in [0.5, 0.6) is 0 Å². The molecule has 2 aromatic carbocycles. The van der Waals surface area contributed by atoms with E-state index in [1.54, 1.807) is 34.9 Å². The van der Waals surface area contributed by atoms with Gasteiger partial charge in [-0.2, -0.15) is 0 Å². The Balaban J connectivity index is 1.66. The summed E-state index contributed by atoms with van der Waals surface area (Å²) in [6.07, 6.45) is 2.73. The summed E-state index contributed by atoms with van der Waals surface area (Å²) in [7, 11) is -3.68. The third-order valence-corrected chi connectivity index (χ3v) is 7.66. The van der Waals surface area contributed by atoms with Crippen LogP contribution in [0, 0.1) is 0 Å². The third-order valence-electron chi connectivity index (χ3n) is 5.15. The van der Waals surface area contributed by atoms with Crippen LogP contribution in [-0.4, -0.2) is 26.6 Å². The smallest absolute Gasteiger partial charge is 0.241 e. The van der Waals surface area contributed by atoms with Crippen LogP contribution < -0.4 is 9.62 Å². The van der Waals surface area contributed by atoms with Crippen LogP contribution in [0.25, 0.3) is 0 Å². The molecule has 27 heavy (non-hydrogen) atoms. The van der Waals surface area contributed by atoms with Gasteiger partial charge >= 0.3 is 0 Å². The number of hydrogen-bond acceptors (Lipinski definition) is 4. The second-order valence-electron chi connectivity index (χ2n) is 6.91. The van der Waals surface area contributed by atoms with Crippen molar-refractivity contribution < 1.29 is 13.2 Å². The maximum absolute atomic E-state index is 13.1. The van der Waals surface area contributed by atoms with Crippen molar-refractivity contribution in [1.82, 2.24) is 4.72 Å². The first kappa shape index (κ1) is 18.5. The van der Waals surface area contributed by atoms with E-state index < -0.39 is 10.0 Å². The number of thioether (sulfide) groups is 1. The highest BCUT2D eigenvalue weighted by Gasteiger charge is 2.28. The number of amides is 1. The van der Waals surface area contributed by atoms with E-state index in [0.717, 1.165) is 35.5 Å². The second kappa shape index (κ2) is 7.30. The van der Waals surface area contributed by atoms with Gasteiger partial charge in [-0.3, -0.25) is 4.79 Å². The molecule has 0 spiro atoms. The maximum Gasteiger partial charge on any atom is 0.241 e. The van der Waals surface area contributed by atoms with Crippen molar-refractivity contribution in [3.8, 4) is 0 Å². The average molecular weight is 403 g/mol. The van der Waals surface area contributed by atoms with Crippen molar-refractivity contribution in [2.24, 2.45) is 0 Å². The summed E-state index contributed by atoms with van der Waals surface area (Å²) in [4.78, 5) is 14.7. The van der Waals surface area contributed by atoms with Crippen LogP contribution in [0.1, 0.15) is 36.9 Å². The van der Waals surface area contributed by atoms with Crippen molar-refractivity contribution in [2.75, 3.05) is 17.2 Å². The van der Waals surface area contributed by atoms with Crippen LogP contribution in [0.3, 0.4) is 0 Å². The summed E-state index contributed by atoms with van der Waals surface area (Å²) in [5.41, 5.74) is 2.96. The van der Waals surface area contributed by atoms with Gasteiger partial charge in [0.15, 0.2) is 0 Å². The molecule has 0 bridgehead atoms. The standard InChI is InChI=1S/C20H22N2O3S2/c1-14(23)22-11-12-26-20-10-9-16(13-19(20)22)27(24,25)21-18-8-4-6-15-5-2-3-7-17(15)18/h2-3,5,7,9-10,13,18,21H,4,6,8,11-12H2,1H3. The molecule has 4 rings (SSSR count). The lowest BCUT2D eigenvalue weighted by atomic mass is 9.88. The van der Waals surface area contributed by atoms with Gasteiger partial charge in [-0.05, 0) is 48.6 Å². The fourth-order valence-corrected chi connectivity index (χ4v) is 6.07. The molecule has 0 aromatic heterocycles. The molecule has 1 aliphatic carbocycles. The monoisotopic (exact) mass is 402 g/mol. The summed E-state index contributed by atoms with van der Waals surface area (Å²) in [6, 6.07) is 12.9. The van der Waals surface area contributed by atoms with Crippen molar-refractivity contribution in [1.29, 1.82) is 0 Å². The Hall–Kier alpha value is -1.83.